The van der Waals surface area contributed by atoms with E-state index in [0.717, 1.165) is 22.2 Å². The van der Waals surface area contributed by atoms with E-state index in [-0.39, 0.29) is 11.9 Å². The van der Waals surface area contributed by atoms with Gasteiger partial charge in [-0.15, -0.1) is 11.3 Å². The summed E-state index contributed by atoms with van der Waals surface area (Å²) in [4.78, 5) is 22.2. The van der Waals surface area contributed by atoms with Crippen molar-refractivity contribution in [3.05, 3.63) is 40.7 Å². The molecule has 26 heavy (non-hydrogen) atoms. The van der Waals surface area contributed by atoms with Gasteiger partial charge < -0.3 is 10.6 Å². The summed E-state index contributed by atoms with van der Waals surface area (Å²) in [5.74, 6) is 1.40. The monoisotopic (exact) mass is 388 g/mol. The zero-order valence-corrected chi connectivity index (χ0v) is 16.3. The maximum atomic E-state index is 12.0. The van der Waals surface area contributed by atoms with Crippen LogP contribution in [0.25, 0.3) is 21.6 Å². The normalized spacial score (nSPS) is 12.1. The molecule has 7 heteroatoms. The van der Waals surface area contributed by atoms with Crippen molar-refractivity contribution in [2.45, 2.75) is 32.7 Å². The van der Waals surface area contributed by atoms with Crippen molar-refractivity contribution in [1.82, 2.24) is 15.3 Å². The number of fused-ring (bicyclic) bond motifs is 1. The molecule has 3 rings (SSSR count). The molecule has 0 saturated carbocycles. The van der Waals surface area contributed by atoms with Gasteiger partial charge in [-0.2, -0.15) is 0 Å². The number of amides is 1. The molecule has 1 aromatic carbocycles. The Hall–Kier alpha value is -2.18. The van der Waals surface area contributed by atoms with Gasteiger partial charge in [-0.1, -0.05) is 24.6 Å². The van der Waals surface area contributed by atoms with Gasteiger partial charge in [-0.25, -0.2) is 9.97 Å². The molecule has 3 aromatic rings. The summed E-state index contributed by atoms with van der Waals surface area (Å²) in [6.45, 7) is 4.55. The third-order valence-electron chi connectivity index (χ3n) is 4.06. The second kappa shape index (κ2) is 8.47. The van der Waals surface area contributed by atoms with Crippen LogP contribution in [-0.2, 0) is 4.79 Å². The van der Waals surface area contributed by atoms with Gasteiger partial charge in [0.25, 0.3) is 0 Å². The Labute approximate surface area is 161 Å². The van der Waals surface area contributed by atoms with Crippen LogP contribution >= 0.6 is 22.9 Å². The number of rotatable bonds is 7. The number of hydrogen-bond donors (Lipinski definition) is 2. The molecule has 0 saturated heterocycles. The van der Waals surface area contributed by atoms with Crippen molar-refractivity contribution >= 4 is 45.6 Å². The molecule has 0 radical (unpaired) electrons. The number of hydrogen-bond acceptors (Lipinski definition) is 5. The highest BCUT2D eigenvalue weighted by atomic mass is 35.5. The van der Waals surface area contributed by atoms with E-state index in [9.17, 15) is 4.79 Å². The second-order valence-corrected chi connectivity index (χ2v) is 7.47. The molecule has 0 bridgehead atoms. The van der Waals surface area contributed by atoms with E-state index < -0.39 is 0 Å². The zero-order valence-electron chi connectivity index (χ0n) is 14.8. The summed E-state index contributed by atoms with van der Waals surface area (Å²) in [5.41, 5.74) is 0.780. The largest absolute Gasteiger partial charge is 0.369 e. The lowest BCUT2D eigenvalue weighted by molar-refractivity contribution is -0.121. The smallest absolute Gasteiger partial charge is 0.221 e. The molecule has 136 valence electrons. The lowest BCUT2D eigenvalue weighted by Crippen LogP contribution is -2.33. The minimum atomic E-state index is 0.0340. The molecular weight excluding hydrogens is 368 g/mol. The predicted molar refractivity (Wildman–Crippen MR) is 109 cm³/mol. The van der Waals surface area contributed by atoms with E-state index in [4.69, 9.17) is 11.6 Å². The molecule has 0 spiro atoms. The molecule has 2 heterocycles. The first kappa shape index (κ1) is 18.6. The third-order valence-corrected chi connectivity index (χ3v) is 5.17. The average Bonchev–Trinajstić information content (AvgIpc) is 3.15. The van der Waals surface area contributed by atoms with Crippen LogP contribution in [0.1, 0.15) is 26.7 Å². The van der Waals surface area contributed by atoms with Crippen LogP contribution in [0.15, 0.2) is 35.7 Å². The number of nitrogens with one attached hydrogen (secondary N) is 2. The lowest BCUT2D eigenvalue weighted by Gasteiger charge is -2.13. The fourth-order valence-corrected chi connectivity index (χ4v) is 3.32. The molecule has 2 aromatic heterocycles. The predicted octanol–water partition coefficient (Wildman–Crippen LogP) is 4.73. The van der Waals surface area contributed by atoms with E-state index in [0.29, 0.717) is 29.6 Å². The maximum absolute atomic E-state index is 12.0. The minimum Gasteiger partial charge on any atom is -0.369 e. The van der Waals surface area contributed by atoms with Crippen LogP contribution in [-0.4, -0.2) is 28.5 Å². The van der Waals surface area contributed by atoms with Gasteiger partial charge in [0.15, 0.2) is 5.82 Å². The summed E-state index contributed by atoms with van der Waals surface area (Å²) in [7, 11) is 0. The summed E-state index contributed by atoms with van der Waals surface area (Å²) in [6.07, 6.45) is 1.30. The summed E-state index contributed by atoms with van der Waals surface area (Å²) in [6, 6.07) is 9.69. The molecule has 0 fully saturated rings. The Morgan fingerprint density at radius 2 is 2.15 bits per heavy atom. The minimum absolute atomic E-state index is 0.0340. The topological polar surface area (TPSA) is 66.9 Å². The fraction of sp³-hybridized carbons (Fsp3) is 0.316. The van der Waals surface area contributed by atoms with Crippen LogP contribution in [0.4, 0.5) is 5.82 Å². The first-order valence-corrected chi connectivity index (χ1v) is 9.87. The van der Waals surface area contributed by atoms with E-state index in [2.05, 4.69) is 20.6 Å². The van der Waals surface area contributed by atoms with Crippen LogP contribution in [0.5, 0.6) is 0 Å². The third kappa shape index (κ3) is 4.51. The maximum Gasteiger partial charge on any atom is 0.221 e. The first-order valence-electron chi connectivity index (χ1n) is 8.61. The van der Waals surface area contributed by atoms with Gasteiger partial charge in [-0.05, 0) is 43.0 Å². The van der Waals surface area contributed by atoms with E-state index >= 15 is 0 Å². The molecule has 1 amide bonds. The first-order chi connectivity index (χ1) is 12.6. The Morgan fingerprint density at radius 1 is 1.31 bits per heavy atom. The Balaban J connectivity index is 1.81. The summed E-state index contributed by atoms with van der Waals surface area (Å²) < 4.78 is 0. The Morgan fingerprint density at radius 3 is 2.88 bits per heavy atom. The molecule has 1 unspecified atom stereocenters. The van der Waals surface area contributed by atoms with Crippen molar-refractivity contribution in [2.75, 3.05) is 11.9 Å². The fourth-order valence-electron chi connectivity index (χ4n) is 2.50. The number of carbonyl (C=O) groups is 1. The highest BCUT2D eigenvalue weighted by Crippen LogP contribution is 2.29. The van der Waals surface area contributed by atoms with Gasteiger partial charge in [-0.3, -0.25) is 4.79 Å². The van der Waals surface area contributed by atoms with Gasteiger partial charge in [0.05, 0.1) is 10.4 Å². The highest BCUT2D eigenvalue weighted by molar-refractivity contribution is 7.13. The quantitative estimate of drug-likeness (QED) is 0.614. The van der Waals surface area contributed by atoms with Crippen molar-refractivity contribution in [3.8, 4) is 10.7 Å². The van der Waals surface area contributed by atoms with E-state index in [1.54, 1.807) is 11.3 Å². The standard InChI is InChI=1S/C19H21ClN4OS/c1-3-12(2)22-17(25)8-9-21-18-14-7-6-13(20)11-15(14)23-19(24-18)16-5-4-10-26-16/h4-7,10-12H,3,8-9H2,1-2H3,(H,22,25)(H,21,23,24). The summed E-state index contributed by atoms with van der Waals surface area (Å²) >= 11 is 7.71. The van der Waals surface area contributed by atoms with Crippen LogP contribution in [0.2, 0.25) is 5.02 Å². The average molecular weight is 389 g/mol. The van der Waals surface area contributed by atoms with Gasteiger partial charge >= 0.3 is 0 Å². The van der Waals surface area contributed by atoms with Crippen LogP contribution < -0.4 is 10.6 Å². The molecule has 0 aliphatic rings. The zero-order chi connectivity index (χ0) is 18.5. The molecular formula is C19H21ClN4OS. The number of anilines is 1. The van der Waals surface area contributed by atoms with Gasteiger partial charge in [0.2, 0.25) is 5.91 Å². The van der Waals surface area contributed by atoms with E-state index in [1.807, 2.05) is 49.6 Å². The van der Waals surface area contributed by atoms with Crippen molar-refractivity contribution in [3.63, 3.8) is 0 Å². The number of nitrogens with zero attached hydrogens (tertiary/aromatic N) is 2. The Bertz CT molecular complexity index is 898. The molecule has 0 aliphatic heterocycles. The van der Waals surface area contributed by atoms with Crippen LogP contribution in [0, 0.1) is 0 Å². The van der Waals surface area contributed by atoms with Crippen molar-refractivity contribution in [2.24, 2.45) is 0 Å². The molecule has 0 aliphatic carbocycles. The Kier molecular flexibility index (Phi) is 6.06. The highest BCUT2D eigenvalue weighted by Gasteiger charge is 2.11. The number of carbonyl (C=O) groups excluding carboxylic acids is 1. The second-order valence-electron chi connectivity index (χ2n) is 6.09. The summed E-state index contributed by atoms with van der Waals surface area (Å²) in [5, 5.41) is 9.76. The molecule has 1 atom stereocenters. The van der Waals surface area contributed by atoms with E-state index in [1.165, 1.54) is 0 Å². The van der Waals surface area contributed by atoms with Crippen molar-refractivity contribution < 1.29 is 4.79 Å². The SMILES string of the molecule is CCC(C)NC(=O)CCNc1nc(-c2cccs2)nc2cc(Cl)ccc12. The van der Waals surface area contributed by atoms with Crippen molar-refractivity contribution in [1.29, 1.82) is 0 Å². The number of aromatic nitrogens is 2. The van der Waals surface area contributed by atoms with Gasteiger partial charge in [0, 0.05) is 29.4 Å². The van der Waals surface area contributed by atoms with Gasteiger partial charge in [0.1, 0.15) is 5.82 Å². The number of halogens is 1. The van der Waals surface area contributed by atoms with Crippen LogP contribution in [0.3, 0.4) is 0 Å². The molecule has 2 N–H and O–H groups in total. The lowest BCUT2D eigenvalue weighted by atomic mass is 10.2. The number of benzene rings is 1. The molecule has 5 nitrogen and oxygen atoms in total. The number of thiophene rings is 1.